The van der Waals surface area contributed by atoms with E-state index in [0.29, 0.717) is 11.5 Å². The molecular weight excluding hydrogens is 258 g/mol. The highest BCUT2D eigenvalue weighted by molar-refractivity contribution is 7.80. The molecule has 1 rings (SSSR count). The summed E-state index contributed by atoms with van der Waals surface area (Å²) in [7, 11) is 0. The molecule has 0 amide bonds. The first-order chi connectivity index (χ1) is 8.56. The van der Waals surface area contributed by atoms with Crippen molar-refractivity contribution in [3.8, 4) is 0 Å². The van der Waals surface area contributed by atoms with Gasteiger partial charge in [-0.2, -0.15) is 12.6 Å². The Morgan fingerprint density at radius 3 is 2.39 bits per heavy atom. The van der Waals surface area contributed by atoms with Gasteiger partial charge in [-0.15, -0.1) is 11.3 Å². The van der Waals surface area contributed by atoms with Crippen LogP contribution in [0.1, 0.15) is 45.4 Å². The third-order valence-electron chi connectivity index (χ3n) is 4.04. The Hall–Kier alpha value is 0.01000. The lowest BCUT2D eigenvalue weighted by Gasteiger charge is -2.38. The Labute approximate surface area is 122 Å². The minimum absolute atomic E-state index is 0.366. The van der Waals surface area contributed by atoms with Crippen LogP contribution in [0.25, 0.3) is 0 Å². The van der Waals surface area contributed by atoms with Crippen molar-refractivity contribution in [2.75, 3.05) is 12.3 Å². The van der Waals surface area contributed by atoms with Crippen molar-refractivity contribution in [1.29, 1.82) is 0 Å². The number of nitrogens with zero attached hydrogens (tertiary/aromatic N) is 1. The van der Waals surface area contributed by atoms with Crippen molar-refractivity contribution < 1.29 is 0 Å². The van der Waals surface area contributed by atoms with Crippen molar-refractivity contribution >= 4 is 24.0 Å². The predicted octanol–water partition coefficient (Wildman–Crippen LogP) is 4.69. The maximum absolute atomic E-state index is 4.59. The number of thiophene rings is 1. The van der Waals surface area contributed by atoms with Crippen molar-refractivity contribution in [1.82, 2.24) is 4.90 Å². The normalized spacial score (nSPS) is 12.6. The van der Waals surface area contributed by atoms with Crippen molar-refractivity contribution in [3.05, 3.63) is 22.4 Å². The van der Waals surface area contributed by atoms with E-state index in [1.165, 1.54) is 17.7 Å². The molecule has 1 nitrogen and oxygen atoms in total. The zero-order valence-electron chi connectivity index (χ0n) is 12.1. The molecule has 18 heavy (non-hydrogen) atoms. The molecule has 1 aromatic heterocycles. The van der Waals surface area contributed by atoms with Crippen LogP contribution in [0.4, 0.5) is 0 Å². The van der Waals surface area contributed by atoms with Crippen LogP contribution in [0.15, 0.2) is 17.5 Å². The molecule has 0 aliphatic heterocycles. The Morgan fingerprint density at radius 1 is 1.33 bits per heavy atom. The van der Waals surface area contributed by atoms with Gasteiger partial charge in [-0.25, -0.2) is 0 Å². The fraction of sp³-hybridized carbons (Fsp3) is 0.733. The summed E-state index contributed by atoms with van der Waals surface area (Å²) in [5, 5.41) is 2.17. The lowest BCUT2D eigenvalue weighted by atomic mass is 9.83. The first-order valence-corrected chi connectivity index (χ1v) is 8.45. The second-order valence-corrected chi connectivity index (χ2v) is 6.79. The van der Waals surface area contributed by atoms with Crippen molar-refractivity contribution in [2.24, 2.45) is 5.41 Å². The molecule has 0 saturated carbocycles. The Morgan fingerprint density at radius 2 is 2.00 bits per heavy atom. The van der Waals surface area contributed by atoms with E-state index in [1.807, 2.05) is 11.3 Å². The Kier molecular flexibility index (Phi) is 6.75. The molecule has 0 aliphatic rings. The number of thiol groups is 1. The molecule has 1 heterocycles. The standard InChI is InChI=1S/C15H27NS2/c1-5-15(6-2,12-17)11-16(13(3)4)10-14-8-7-9-18-14/h7-9,13,17H,5-6,10-12H2,1-4H3. The van der Waals surface area contributed by atoms with Crippen LogP contribution in [0.2, 0.25) is 0 Å². The fourth-order valence-corrected chi connectivity index (χ4v) is 3.48. The first-order valence-electron chi connectivity index (χ1n) is 6.94. The van der Waals surface area contributed by atoms with Gasteiger partial charge >= 0.3 is 0 Å². The van der Waals surface area contributed by atoms with Crippen LogP contribution in [-0.2, 0) is 6.54 Å². The SMILES string of the molecule is CCC(CC)(CS)CN(Cc1cccs1)C(C)C. The summed E-state index contributed by atoms with van der Waals surface area (Å²) in [5.41, 5.74) is 0.366. The van der Waals surface area contributed by atoms with Crippen LogP contribution in [0.5, 0.6) is 0 Å². The third-order valence-corrected chi connectivity index (χ3v) is 5.58. The molecule has 0 fully saturated rings. The molecule has 0 spiro atoms. The molecule has 0 atom stereocenters. The van der Waals surface area contributed by atoms with E-state index >= 15 is 0 Å². The smallest absolute Gasteiger partial charge is 0.0330 e. The highest BCUT2D eigenvalue weighted by atomic mass is 32.1. The average Bonchev–Trinajstić information content (AvgIpc) is 2.87. The van der Waals surface area contributed by atoms with Crippen LogP contribution in [0, 0.1) is 5.41 Å². The lowest BCUT2D eigenvalue weighted by molar-refractivity contribution is 0.123. The van der Waals surface area contributed by atoms with Gasteiger partial charge in [0, 0.05) is 24.0 Å². The van der Waals surface area contributed by atoms with Crippen molar-refractivity contribution in [3.63, 3.8) is 0 Å². The molecule has 0 unspecified atom stereocenters. The van der Waals surface area contributed by atoms with Crippen LogP contribution >= 0.6 is 24.0 Å². The topological polar surface area (TPSA) is 3.24 Å². The largest absolute Gasteiger partial charge is 0.295 e. The van der Waals surface area contributed by atoms with Crippen LogP contribution in [-0.4, -0.2) is 23.2 Å². The molecule has 0 N–H and O–H groups in total. The zero-order valence-corrected chi connectivity index (χ0v) is 13.9. The minimum atomic E-state index is 0.366. The fourth-order valence-electron chi connectivity index (χ4n) is 2.20. The van der Waals surface area contributed by atoms with E-state index in [9.17, 15) is 0 Å². The van der Waals surface area contributed by atoms with E-state index < -0.39 is 0 Å². The summed E-state index contributed by atoms with van der Waals surface area (Å²) in [5.74, 6) is 0.980. The van der Waals surface area contributed by atoms with Crippen molar-refractivity contribution in [2.45, 2.75) is 53.1 Å². The summed E-state index contributed by atoms with van der Waals surface area (Å²) in [6.45, 7) is 11.4. The van der Waals surface area contributed by atoms with E-state index in [1.54, 1.807) is 0 Å². The summed E-state index contributed by atoms with van der Waals surface area (Å²) < 4.78 is 0. The van der Waals surface area contributed by atoms with Gasteiger partial charge in [0.25, 0.3) is 0 Å². The van der Waals surface area contributed by atoms with Crippen LogP contribution < -0.4 is 0 Å². The number of hydrogen-bond donors (Lipinski definition) is 1. The molecule has 1 aromatic rings. The van der Waals surface area contributed by atoms with E-state index in [4.69, 9.17) is 0 Å². The molecule has 0 radical (unpaired) electrons. The predicted molar refractivity (Wildman–Crippen MR) is 86.7 cm³/mol. The highest BCUT2D eigenvalue weighted by Gasteiger charge is 2.28. The Bertz CT molecular complexity index is 307. The Balaban J connectivity index is 2.73. The van der Waals surface area contributed by atoms with E-state index in [0.717, 1.165) is 18.8 Å². The molecule has 0 aromatic carbocycles. The van der Waals surface area contributed by atoms with Gasteiger partial charge in [-0.05, 0) is 49.3 Å². The second-order valence-electron chi connectivity index (χ2n) is 5.44. The molecule has 0 bridgehead atoms. The van der Waals surface area contributed by atoms with Gasteiger partial charge in [0.05, 0.1) is 0 Å². The number of hydrogen-bond acceptors (Lipinski definition) is 3. The third kappa shape index (κ3) is 4.29. The van der Waals surface area contributed by atoms with E-state index in [-0.39, 0.29) is 0 Å². The van der Waals surface area contributed by atoms with Gasteiger partial charge in [-0.3, -0.25) is 4.90 Å². The highest BCUT2D eigenvalue weighted by Crippen LogP contribution is 2.30. The molecule has 0 aliphatic carbocycles. The lowest BCUT2D eigenvalue weighted by Crippen LogP contribution is -2.41. The maximum atomic E-state index is 4.59. The summed E-state index contributed by atoms with van der Waals surface area (Å²) in [6, 6.07) is 4.97. The maximum Gasteiger partial charge on any atom is 0.0330 e. The summed E-state index contributed by atoms with van der Waals surface area (Å²) >= 11 is 6.45. The van der Waals surface area contributed by atoms with Gasteiger partial charge in [0.15, 0.2) is 0 Å². The second kappa shape index (κ2) is 7.56. The van der Waals surface area contributed by atoms with Gasteiger partial charge in [0.1, 0.15) is 0 Å². The van der Waals surface area contributed by atoms with Crippen LogP contribution in [0.3, 0.4) is 0 Å². The van der Waals surface area contributed by atoms with Gasteiger partial charge < -0.3 is 0 Å². The monoisotopic (exact) mass is 285 g/mol. The zero-order chi connectivity index (χ0) is 13.6. The van der Waals surface area contributed by atoms with Gasteiger partial charge in [-0.1, -0.05) is 19.9 Å². The number of rotatable bonds is 8. The quantitative estimate of drug-likeness (QED) is 0.678. The van der Waals surface area contributed by atoms with E-state index in [2.05, 4.69) is 62.7 Å². The van der Waals surface area contributed by atoms with Gasteiger partial charge in [0.2, 0.25) is 0 Å². The molecule has 3 heteroatoms. The average molecular weight is 286 g/mol. The molecule has 0 saturated heterocycles. The summed E-state index contributed by atoms with van der Waals surface area (Å²) in [6.07, 6.45) is 2.42. The molecule has 104 valence electrons. The summed E-state index contributed by atoms with van der Waals surface area (Å²) in [4.78, 5) is 4.05. The molecular formula is C15H27NS2. The minimum Gasteiger partial charge on any atom is -0.295 e. The first kappa shape index (κ1) is 16.1.